The summed E-state index contributed by atoms with van der Waals surface area (Å²) in [5.41, 5.74) is 0.838. The van der Waals surface area contributed by atoms with Gasteiger partial charge in [0.2, 0.25) is 0 Å². The molecule has 0 aromatic heterocycles. The Morgan fingerprint density at radius 2 is 1.69 bits per heavy atom. The summed E-state index contributed by atoms with van der Waals surface area (Å²) in [7, 11) is -3.66. The van der Waals surface area contributed by atoms with Crippen molar-refractivity contribution in [3.63, 3.8) is 0 Å². The average molecular weight is 376 g/mol. The number of sulfonamides is 1. The van der Waals surface area contributed by atoms with Gasteiger partial charge in [-0.3, -0.25) is 9.52 Å². The van der Waals surface area contributed by atoms with Gasteiger partial charge in [-0.05, 0) is 42.8 Å². The summed E-state index contributed by atoms with van der Waals surface area (Å²) in [6.07, 6.45) is 1.82. The normalized spacial score (nSPS) is 11.2. The maximum Gasteiger partial charge on any atom is 0.261 e. The third-order valence-corrected chi connectivity index (χ3v) is 5.27. The summed E-state index contributed by atoms with van der Waals surface area (Å²) in [5.74, 6) is -0.176. The summed E-state index contributed by atoms with van der Waals surface area (Å²) in [4.78, 5) is 14.3. The van der Waals surface area contributed by atoms with Gasteiger partial charge >= 0.3 is 0 Å². The summed E-state index contributed by atoms with van der Waals surface area (Å²) in [6.45, 7) is 2.80. The highest BCUT2D eigenvalue weighted by molar-refractivity contribution is 7.92. The Bertz CT molecular complexity index is 805. The van der Waals surface area contributed by atoms with Gasteiger partial charge in [0.05, 0.1) is 11.5 Å². The van der Waals surface area contributed by atoms with E-state index in [1.807, 2.05) is 6.92 Å². The van der Waals surface area contributed by atoms with E-state index in [4.69, 9.17) is 5.11 Å². The third kappa shape index (κ3) is 5.31. The molecule has 7 heteroatoms. The fraction of sp³-hybridized carbons (Fsp3) is 0.316. The minimum atomic E-state index is -3.66. The molecular formula is C19H24N2O4S. The van der Waals surface area contributed by atoms with Crippen molar-refractivity contribution < 1.29 is 18.3 Å². The number of rotatable bonds is 9. The van der Waals surface area contributed by atoms with Crippen LogP contribution in [0.15, 0.2) is 59.5 Å². The van der Waals surface area contributed by atoms with E-state index in [0.717, 1.165) is 12.8 Å². The average Bonchev–Trinajstić information content (AvgIpc) is 2.65. The number of aliphatic hydroxyl groups is 1. The Hall–Kier alpha value is -2.38. The molecule has 1 amide bonds. The molecule has 0 aliphatic rings. The molecule has 6 nitrogen and oxygen atoms in total. The lowest BCUT2D eigenvalue weighted by Crippen LogP contribution is -2.34. The second-order valence-electron chi connectivity index (χ2n) is 5.87. The second kappa shape index (κ2) is 9.35. The zero-order chi connectivity index (χ0) is 19.0. The summed E-state index contributed by atoms with van der Waals surface area (Å²) >= 11 is 0. The van der Waals surface area contributed by atoms with Gasteiger partial charge in [-0.1, -0.05) is 31.5 Å². The quantitative estimate of drug-likeness (QED) is 0.704. The first-order valence-electron chi connectivity index (χ1n) is 8.56. The van der Waals surface area contributed by atoms with E-state index in [-0.39, 0.29) is 24.0 Å². The van der Waals surface area contributed by atoms with Gasteiger partial charge < -0.3 is 10.0 Å². The van der Waals surface area contributed by atoms with E-state index in [2.05, 4.69) is 4.72 Å². The van der Waals surface area contributed by atoms with Crippen molar-refractivity contribution in [3.05, 3.63) is 60.2 Å². The van der Waals surface area contributed by atoms with Crippen molar-refractivity contribution >= 4 is 21.6 Å². The van der Waals surface area contributed by atoms with Crippen LogP contribution < -0.4 is 4.72 Å². The highest BCUT2D eigenvalue weighted by Crippen LogP contribution is 2.17. The summed E-state index contributed by atoms with van der Waals surface area (Å²) in [6, 6.07) is 14.4. The van der Waals surface area contributed by atoms with E-state index in [1.54, 1.807) is 47.4 Å². The van der Waals surface area contributed by atoms with Crippen molar-refractivity contribution in [3.8, 4) is 0 Å². The molecule has 0 atom stereocenters. The molecule has 0 aliphatic heterocycles. The first-order chi connectivity index (χ1) is 12.5. The number of carbonyl (C=O) groups is 1. The Balaban J connectivity index is 2.11. The topological polar surface area (TPSA) is 86.7 Å². The molecule has 2 N–H and O–H groups in total. The fourth-order valence-electron chi connectivity index (χ4n) is 2.46. The Morgan fingerprint density at radius 3 is 2.27 bits per heavy atom. The number of benzene rings is 2. The zero-order valence-electron chi connectivity index (χ0n) is 14.8. The van der Waals surface area contributed by atoms with Gasteiger partial charge in [-0.25, -0.2) is 8.42 Å². The lowest BCUT2D eigenvalue weighted by Gasteiger charge is -2.21. The van der Waals surface area contributed by atoms with Crippen molar-refractivity contribution in [2.75, 3.05) is 24.4 Å². The van der Waals surface area contributed by atoms with Crippen molar-refractivity contribution in [1.82, 2.24) is 4.90 Å². The number of amides is 1. The standard InChI is InChI=1S/C19H24N2O4S/c1-2-3-13-21(14-15-22)19(23)16-9-11-17(12-10-16)20-26(24,25)18-7-5-4-6-8-18/h4-12,20,22H,2-3,13-15H2,1H3. The molecule has 2 aromatic rings. The smallest absolute Gasteiger partial charge is 0.261 e. The van der Waals surface area contributed by atoms with Crippen molar-refractivity contribution in [2.24, 2.45) is 0 Å². The first kappa shape index (κ1) is 19.9. The lowest BCUT2D eigenvalue weighted by atomic mass is 10.1. The molecule has 0 bridgehead atoms. The molecule has 2 aromatic carbocycles. The molecule has 0 saturated heterocycles. The van der Waals surface area contributed by atoms with Crippen LogP contribution in [0.25, 0.3) is 0 Å². The fourth-order valence-corrected chi connectivity index (χ4v) is 3.54. The largest absolute Gasteiger partial charge is 0.395 e. The van der Waals surface area contributed by atoms with E-state index in [1.165, 1.54) is 12.1 Å². The number of anilines is 1. The molecule has 0 radical (unpaired) electrons. The highest BCUT2D eigenvalue weighted by atomic mass is 32.2. The van der Waals surface area contributed by atoms with Crippen LogP contribution in [-0.4, -0.2) is 44.0 Å². The second-order valence-corrected chi connectivity index (χ2v) is 7.55. The lowest BCUT2D eigenvalue weighted by molar-refractivity contribution is 0.0719. The summed E-state index contributed by atoms with van der Waals surface area (Å²) in [5, 5.41) is 9.14. The zero-order valence-corrected chi connectivity index (χ0v) is 15.6. The number of nitrogens with zero attached hydrogens (tertiary/aromatic N) is 1. The predicted molar refractivity (Wildman–Crippen MR) is 102 cm³/mol. The molecule has 0 heterocycles. The van der Waals surface area contributed by atoms with Crippen molar-refractivity contribution in [2.45, 2.75) is 24.7 Å². The molecular weight excluding hydrogens is 352 g/mol. The summed E-state index contributed by atoms with van der Waals surface area (Å²) < 4.78 is 27.1. The van der Waals surface area contributed by atoms with Crippen LogP contribution in [0, 0.1) is 0 Å². The number of aliphatic hydroxyl groups excluding tert-OH is 1. The third-order valence-electron chi connectivity index (χ3n) is 3.88. The van der Waals surface area contributed by atoms with E-state index < -0.39 is 10.0 Å². The number of hydrogen-bond donors (Lipinski definition) is 2. The number of unbranched alkanes of at least 4 members (excludes halogenated alkanes) is 1. The van der Waals surface area contributed by atoms with Crippen LogP contribution in [0.4, 0.5) is 5.69 Å². The van der Waals surface area contributed by atoms with Gasteiger partial charge in [-0.2, -0.15) is 0 Å². The predicted octanol–water partition coefficient (Wildman–Crippen LogP) is 2.72. The van der Waals surface area contributed by atoms with E-state index in [9.17, 15) is 13.2 Å². The molecule has 26 heavy (non-hydrogen) atoms. The van der Waals surface area contributed by atoms with Crippen LogP contribution in [0.3, 0.4) is 0 Å². The number of nitrogens with one attached hydrogen (secondary N) is 1. The highest BCUT2D eigenvalue weighted by Gasteiger charge is 2.16. The van der Waals surface area contributed by atoms with Gasteiger partial charge in [0, 0.05) is 24.3 Å². The molecule has 2 rings (SSSR count). The van der Waals surface area contributed by atoms with Gasteiger partial charge in [-0.15, -0.1) is 0 Å². The molecule has 0 aliphatic carbocycles. The minimum Gasteiger partial charge on any atom is -0.395 e. The molecule has 0 saturated carbocycles. The van der Waals surface area contributed by atoms with Gasteiger partial charge in [0.1, 0.15) is 0 Å². The maximum absolute atomic E-state index is 12.5. The first-order valence-corrected chi connectivity index (χ1v) is 10.0. The SMILES string of the molecule is CCCCN(CCO)C(=O)c1ccc(NS(=O)(=O)c2ccccc2)cc1. The Labute approximate surface area is 154 Å². The van der Waals surface area contributed by atoms with Crippen LogP contribution in [-0.2, 0) is 10.0 Å². The van der Waals surface area contributed by atoms with Crippen LogP contribution in [0.5, 0.6) is 0 Å². The van der Waals surface area contributed by atoms with Crippen LogP contribution in [0.1, 0.15) is 30.1 Å². The molecule has 0 spiro atoms. The van der Waals surface area contributed by atoms with Crippen molar-refractivity contribution in [1.29, 1.82) is 0 Å². The molecule has 0 fully saturated rings. The van der Waals surface area contributed by atoms with Gasteiger partial charge in [0.15, 0.2) is 0 Å². The number of hydrogen-bond acceptors (Lipinski definition) is 4. The minimum absolute atomic E-state index is 0.0928. The van der Waals surface area contributed by atoms with Gasteiger partial charge in [0.25, 0.3) is 15.9 Å². The van der Waals surface area contributed by atoms with E-state index >= 15 is 0 Å². The molecule has 0 unspecified atom stereocenters. The molecule has 140 valence electrons. The monoisotopic (exact) mass is 376 g/mol. The van der Waals surface area contributed by atoms with Crippen LogP contribution in [0.2, 0.25) is 0 Å². The Kier molecular flexibility index (Phi) is 7.17. The number of carbonyl (C=O) groups excluding carboxylic acids is 1. The van der Waals surface area contributed by atoms with E-state index in [0.29, 0.717) is 17.8 Å². The van der Waals surface area contributed by atoms with Crippen LogP contribution >= 0.6 is 0 Å². The Morgan fingerprint density at radius 1 is 1.04 bits per heavy atom. The maximum atomic E-state index is 12.5.